The molecule has 1 amide bonds. The van der Waals surface area contributed by atoms with Crippen LogP contribution in [0, 0.1) is 11.8 Å². The molecule has 21 heavy (non-hydrogen) atoms. The lowest BCUT2D eigenvalue weighted by molar-refractivity contribution is -0.143. The lowest BCUT2D eigenvalue weighted by Gasteiger charge is -2.28. The zero-order valence-electron chi connectivity index (χ0n) is 12.8. The van der Waals surface area contributed by atoms with E-state index in [9.17, 15) is 14.7 Å². The van der Waals surface area contributed by atoms with E-state index in [2.05, 4.69) is 10.6 Å². The van der Waals surface area contributed by atoms with Crippen LogP contribution in [0.2, 0.25) is 0 Å². The van der Waals surface area contributed by atoms with E-state index in [1.54, 1.807) is 0 Å². The molecule has 5 nitrogen and oxygen atoms in total. The average molecular weight is 296 g/mol. The summed E-state index contributed by atoms with van der Waals surface area (Å²) in [6.07, 6.45) is 8.84. The molecule has 2 rings (SSSR count). The van der Waals surface area contributed by atoms with Gasteiger partial charge in [-0.1, -0.05) is 19.3 Å². The molecule has 1 saturated carbocycles. The first-order valence-electron chi connectivity index (χ1n) is 8.39. The Morgan fingerprint density at radius 3 is 2.52 bits per heavy atom. The zero-order chi connectivity index (χ0) is 15.1. The summed E-state index contributed by atoms with van der Waals surface area (Å²) in [6.45, 7) is 2.06. The summed E-state index contributed by atoms with van der Waals surface area (Å²) in [6, 6.07) is -0.692. The van der Waals surface area contributed by atoms with Crippen molar-refractivity contribution in [1.82, 2.24) is 10.6 Å². The van der Waals surface area contributed by atoms with Gasteiger partial charge in [0, 0.05) is 6.42 Å². The van der Waals surface area contributed by atoms with Crippen LogP contribution in [0.15, 0.2) is 0 Å². The number of carboxylic acid groups (broad SMARTS) is 1. The molecule has 1 saturated heterocycles. The summed E-state index contributed by atoms with van der Waals surface area (Å²) in [4.78, 5) is 23.5. The van der Waals surface area contributed by atoms with Gasteiger partial charge in [-0.15, -0.1) is 0 Å². The van der Waals surface area contributed by atoms with Gasteiger partial charge in [0.25, 0.3) is 0 Å². The third-order valence-corrected chi connectivity index (χ3v) is 4.88. The van der Waals surface area contributed by atoms with Crippen LogP contribution in [0.1, 0.15) is 57.8 Å². The number of hydrogen-bond donors (Lipinski definition) is 3. The Labute approximate surface area is 126 Å². The molecule has 1 heterocycles. The molecule has 2 atom stereocenters. The topological polar surface area (TPSA) is 78.4 Å². The number of aliphatic carboxylic acids is 1. The number of nitrogens with one attached hydrogen (secondary N) is 2. The molecule has 0 spiro atoms. The van der Waals surface area contributed by atoms with E-state index in [0.29, 0.717) is 12.3 Å². The molecular weight excluding hydrogens is 268 g/mol. The number of hydrogen-bond acceptors (Lipinski definition) is 3. The van der Waals surface area contributed by atoms with Crippen molar-refractivity contribution in [2.24, 2.45) is 11.8 Å². The Bertz CT molecular complexity index is 347. The predicted molar refractivity (Wildman–Crippen MR) is 81.0 cm³/mol. The van der Waals surface area contributed by atoms with Crippen LogP contribution in [0.5, 0.6) is 0 Å². The van der Waals surface area contributed by atoms with Crippen molar-refractivity contribution in [1.29, 1.82) is 0 Å². The fourth-order valence-electron chi connectivity index (χ4n) is 3.60. The first-order chi connectivity index (χ1) is 10.2. The second kappa shape index (κ2) is 8.37. The Balaban J connectivity index is 1.76. The third kappa shape index (κ3) is 5.30. The molecule has 1 aliphatic heterocycles. The van der Waals surface area contributed by atoms with Gasteiger partial charge in [0.05, 0.1) is 0 Å². The van der Waals surface area contributed by atoms with Gasteiger partial charge in [-0.2, -0.15) is 0 Å². The van der Waals surface area contributed by atoms with E-state index in [1.165, 1.54) is 19.3 Å². The maximum absolute atomic E-state index is 12.0. The van der Waals surface area contributed by atoms with Crippen molar-refractivity contribution in [2.75, 3.05) is 13.1 Å². The van der Waals surface area contributed by atoms with E-state index in [0.717, 1.165) is 45.2 Å². The summed E-state index contributed by atoms with van der Waals surface area (Å²) in [5.41, 5.74) is 0. The van der Waals surface area contributed by atoms with Crippen molar-refractivity contribution in [3.05, 3.63) is 0 Å². The maximum atomic E-state index is 12.0. The monoisotopic (exact) mass is 296 g/mol. The maximum Gasteiger partial charge on any atom is 0.326 e. The highest BCUT2D eigenvalue weighted by Crippen LogP contribution is 2.27. The van der Waals surface area contributed by atoms with Gasteiger partial charge in [-0.25, -0.2) is 4.79 Å². The van der Waals surface area contributed by atoms with Crippen LogP contribution < -0.4 is 10.6 Å². The minimum absolute atomic E-state index is 0.0986. The van der Waals surface area contributed by atoms with E-state index < -0.39 is 12.0 Å². The Kier molecular flexibility index (Phi) is 6.49. The summed E-state index contributed by atoms with van der Waals surface area (Å²) in [5.74, 6) is -0.313. The van der Waals surface area contributed by atoms with Crippen LogP contribution >= 0.6 is 0 Å². The fourth-order valence-corrected chi connectivity index (χ4v) is 3.60. The first-order valence-corrected chi connectivity index (χ1v) is 8.39. The molecule has 0 aromatic carbocycles. The third-order valence-electron chi connectivity index (χ3n) is 4.88. The summed E-state index contributed by atoms with van der Waals surface area (Å²) < 4.78 is 0. The Morgan fingerprint density at radius 1 is 1.14 bits per heavy atom. The molecule has 2 aliphatic rings. The van der Waals surface area contributed by atoms with Gasteiger partial charge >= 0.3 is 5.97 Å². The Morgan fingerprint density at radius 2 is 1.90 bits per heavy atom. The number of piperidine rings is 1. The summed E-state index contributed by atoms with van der Waals surface area (Å²) in [7, 11) is 0. The Hall–Kier alpha value is -1.10. The largest absolute Gasteiger partial charge is 0.480 e. The highest BCUT2D eigenvalue weighted by molar-refractivity contribution is 5.83. The van der Waals surface area contributed by atoms with Gasteiger partial charge in [-0.3, -0.25) is 4.79 Å². The normalized spacial score (nSPS) is 25.2. The fraction of sp³-hybridized carbons (Fsp3) is 0.875. The standard InChI is InChI=1S/C16H28N2O3/c19-14(9-8-12-5-4-10-17-11-12)18-15(16(20)21)13-6-2-1-3-7-13/h12-13,15,17H,1-11H2,(H,18,19)(H,20,21). The molecule has 1 aliphatic carbocycles. The van der Waals surface area contributed by atoms with Gasteiger partial charge in [0.15, 0.2) is 0 Å². The SMILES string of the molecule is O=C(CCC1CCCNC1)NC(C(=O)O)C1CCCCC1. The van der Waals surface area contributed by atoms with Gasteiger partial charge in [0.2, 0.25) is 5.91 Å². The quantitative estimate of drug-likeness (QED) is 0.699. The van der Waals surface area contributed by atoms with E-state index in [4.69, 9.17) is 0 Å². The van der Waals surface area contributed by atoms with Gasteiger partial charge in [-0.05, 0) is 57.0 Å². The lowest BCUT2D eigenvalue weighted by Crippen LogP contribution is -2.46. The summed E-state index contributed by atoms with van der Waals surface area (Å²) in [5, 5.41) is 15.5. The van der Waals surface area contributed by atoms with E-state index >= 15 is 0 Å². The minimum atomic E-state index is -0.880. The molecule has 5 heteroatoms. The molecule has 2 unspecified atom stereocenters. The molecular formula is C16H28N2O3. The molecule has 3 N–H and O–H groups in total. The van der Waals surface area contributed by atoms with Crippen molar-refractivity contribution >= 4 is 11.9 Å². The van der Waals surface area contributed by atoms with Crippen LogP contribution in [0.4, 0.5) is 0 Å². The lowest BCUT2D eigenvalue weighted by atomic mass is 9.83. The second-order valence-corrected chi connectivity index (χ2v) is 6.53. The van der Waals surface area contributed by atoms with Gasteiger partial charge < -0.3 is 15.7 Å². The smallest absolute Gasteiger partial charge is 0.326 e. The van der Waals surface area contributed by atoms with Gasteiger partial charge in [0.1, 0.15) is 6.04 Å². The molecule has 0 bridgehead atoms. The minimum Gasteiger partial charge on any atom is -0.480 e. The highest BCUT2D eigenvalue weighted by Gasteiger charge is 2.30. The van der Waals surface area contributed by atoms with E-state index in [-0.39, 0.29) is 11.8 Å². The van der Waals surface area contributed by atoms with Crippen LogP contribution in [-0.4, -0.2) is 36.1 Å². The van der Waals surface area contributed by atoms with Crippen molar-refractivity contribution in [3.63, 3.8) is 0 Å². The molecule has 0 aromatic rings. The molecule has 2 fully saturated rings. The van der Waals surface area contributed by atoms with Crippen LogP contribution in [0.3, 0.4) is 0 Å². The predicted octanol–water partition coefficient (Wildman–Crippen LogP) is 1.92. The zero-order valence-corrected chi connectivity index (χ0v) is 12.8. The highest BCUT2D eigenvalue weighted by atomic mass is 16.4. The van der Waals surface area contributed by atoms with Crippen LogP contribution in [0.25, 0.3) is 0 Å². The number of amides is 1. The van der Waals surface area contributed by atoms with Crippen molar-refractivity contribution in [3.8, 4) is 0 Å². The molecule has 0 radical (unpaired) electrons. The molecule has 120 valence electrons. The molecule has 0 aromatic heterocycles. The number of carbonyl (C=O) groups is 2. The second-order valence-electron chi connectivity index (χ2n) is 6.53. The summed E-state index contributed by atoms with van der Waals surface area (Å²) >= 11 is 0. The number of carboxylic acids is 1. The van der Waals surface area contributed by atoms with Crippen LogP contribution in [-0.2, 0) is 9.59 Å². The number of rotatable bonds is 6. The average Bonchev–Trinajstić information content (AvgIpc) is 2.52. The van der Waals surface area contributed by atoms with E-state index in [1.807, 2.05) is 0 Å². The number of carbonyl (C=O) groups excluding carboxylic acids is 1. The van der Waals surface area contributed by atoms with Crippen molar-refractivity contribution < 1.29 is 14.7 Å². The first kappa shape index (κ1) is 16.3. The van der Waals surface area contributed by atoms with Crippen molar-refractivity contribution in [2.45, 2.75) is 63.8 Å².